The van der Waals surface area contributed by atoms with Crippen LogP contribution in [-0.4, -0.2) is 18.9 Å². The van der Waals surface area contributed by atoms with Crippen LogP contribution in [0, 0.1) is 5.41 Å². The van der Waals surface area contributed by atoms with E-state index in [0.29, 0.717) is 13.0 Å². The molecule has 0 bridgehead atoms. The maximum absolute atomic E-state index is 11.4. The average Bonchev–Trinajstić information content (AvgIpc) is 2.13. The van der Waals surface area contributed by atoms with Gasteiger partial charge in [0.2, 0.25) is 0 Å². The van der Waals surface area contributed by atoms with Crippen molar-refractivity contribution >= 4 is 12.3 Å². The predicted octanol–water partition coefficient (Wildman–Crippen LogP) is 2.50. The fourth-order valence-electron chi connectivity index (χ4n) is 0.865. The van der Waals surface area contributed by atoms with Gasteiger partial charge < -0.3 is 9.53 Å². The number of carbonyl (C=O) groups is 2. The van der Waals surface area contributed by atoms with E-state index in [-0.39, 0.29) is 5.97 Å². The fourth-order valence-corrected chi connectivity index (χ4v) is 0.865. The van der Waals surface area contributed by atoms with E-state index < -0.39 is 5.41 Å². The Labute approximate surface area is 91.5 Å². The van der Waals surface area contributed by atoms with Gasteiger partial charge in [-0.3, -0.25) is 4.79 Å². The molecule has 0 spiro atoms. The zero-order chi connectivity index (χ0) is 11.9. The third kappa shape index (κ3) is 6.89. The average molecular weight is 212 g/mol. The highest BCUT2D eigenvalue weighted by Gasteiger charge is 2.22. The van der Waals surface area contributed by atoms with Crippen LogP contribution in [0.3, 0.4) is 0 Å². The van der Waals surface area contributed by atoms with Crippen molar-refractivity contribution in [3.05, 3.63) is 11.6 Å². The normalized spacial score (nSPS) is 12.4. The molecule has 0 aliphatic heterocycles. The van der Waals surface area contributed by atoms with Crippen molar-refractivity contribution < 1.29 is 14.3 Å². The SMILES string of the molecule is C/C(=C/COC(=O)C(C)(C)C)CCC=O. The van der Waals surface area contributed by atoms with Crippen molar-refractivity contribution in [2.24, 2.45) is 5.41 Å². The lowest BCUT2D eigenvalue weighted by Gasteiger charge is -2.15. The summed E-state index contributed by atoms with van der Waals surface area (Å²) in [5, 5.41) is 0. The molecule has 0 aromatic carbocycles. The van der Waals surface area contributed by atoms with E-state index in [4.69, 9.17) is 4.74 Å². The molecule has 0 unspecified atom stereocenters. The van der Waals surface area contributed by atoms with Crippen molar-refractivity contribution in [3.8, 4) is 0 Å². The highest BCUT2D eigenvalue weighted by Crippen LogP contribution is 2.15. The Hall–Kier alpha value is -1.12. The second-order valence-corrected chi connectivity index (χ2v) is 4.60. The Bertz CT molecular complexity index is 246. The summed E-state index contributed by atoms with van der Waals surface area (Å²) in [5.41, 5.74) is 0.619. The van der Waals surface area contributed by atoms with Gasteiger partial charge in [-0.05, 0) is 40.2 Å². The molecule has 15 heavy (non-hydrogen) atoms. The third-order valence-corrected chi connectivity index (χ3v) is 1.92. The van der Waals surface area contributed by atoms with Gasteiger partial charge in [-0.1, -0.05) is 5.57 Å². The summed E-state index contributed by atoms with van der Waals surface area (Å²) in [4.78, 5) is 21.5. The number of rotatable bonds is 5. The molecule has 0 aromatic heterocycles. The Morgan fingerprint density at radius 1 is 1.33 bits per heavy atom. The quantitative estimate of drug-likeness (QED) is 0.399. The first-order valence-electron chi connectivity index (χ1n) is 5.14. The minimum atomic E-state index is -0.454. The minimum Gasteiger partial charge on any atom is -0.461 e. The molecule has 0 aliphatic rings. The maximum atomic E-state index is 11.4. The van der Waals surface area contributed by atoms with Crippen molar-refractivity contribution in [2.75, 3.05) is 6.61 Å². The lowest BCUT2D eigenvalue weighted by Crippen LogP contribution is -2.22. The topological polar surface area (TPSA) is 43.4 Å². The summed E-state index contributed by atoms with van der Waals surface area (Å²) in [6.07, 6.45) is 3.98. The molecule has 0 rings (SSSR count). The van der Waals surface area contributed by atoms with E-state index >= 15 is 0 Å². The van der Waals surface area contributed by atoms with Gasteiger partial charge >= 0.3 is 5.97 Å². The van der Waals surface area contributed by atoms with E-state index in [1.54, 1.807) is 0 Å². The minimum absolute atomic E-state index is 0.207. The number of esters is 1. The van der Waals surface area contributed by atoms with Gasteiger partial charge in [-0.2, -0.15) is 0 Å². The van der Waals surface area contributed by atoms with Gasteiger partial charge in [0.05, 0.1) is 5.41 Å². The number of allylic oxidation sites excluding steroid dienone is 1. The molecule has 86 valence electrons. The van der Waals surface area contributed by atoms with Gasteiger partial charge in [0.1, 0.15) is 12.9 Å². The molecule has 0 N–H and O–H groups in total. The first-order chi connectivity index (χ1) is 6.88. The summed E-state index contributed by atoms with van der Waals surface area (Å²) in [5.74, 6) is -0.207. The zero-order valence-electron chi connectivity index (χ0n) is 10.0. The molecule has 0 aromatic rings. The van der Waals surface area contributed by atoms with Crippen LogP contribution < -0.4 is 0 Å². The number of aldehydes is 1. The molecule has 0 saturated carbocycles. The summed E-state index contributed by atoms with van der Waals surface area (Å²) in [6.45, 7) is 7.67. The van der Waals surface area contributed by atoms with E-state index in [2.05, 4.69) is 0 Å². The second-order valence-electron chi connectivity index (χ2n) is 4.60. The van der Waals surface area contributed by atoms with Crippen LogP contribution in [0.2, 0.25) is 0 Å². The molecule has 3 nitrogen and oxygen atoms in total. The molecular formula is C12H20O3. The highest BCUT2D eigenvalue weighted by molar-refractivity contribution is 5.75. The van der Waals surface area contributed by atoms with Crippen LogP contribution in [0.15, 0.2) is 11.6 Å². The summed E-state index contributed by atoms with van der Waals surface area (Å²) in [6, 6.07) is 0. The first-order valence-corrected chi connectivity index (χ1v) is 5.14. The van der Waals surface area contributed by atoms with Crippen LogP contribution in [-0.2, 0) is 14.3 Å². The Morgan fingerprint density at radius 2 is 1.93 bits per heavy atom. The van der Waals surface area contributed by atoms with Crippen LogP contribution >= 0.6 is 0 Å². The monoisotopic (exact) mass is 212 g/mol. The molecule has 0 radical (unpaired) electrons. The smallest absolute Gasteiger partial charge is 0.311 e. The fraction of sp³-hybridized carbons (Fsp3) is 0.667. The molecule has 0 heterocycles. The standard InChI is InChI=1S/C12H20O3/c1-10(6-5-8-13)7-9-15-11(14)12(2,3)4/h7-8H,5-6,9H2,1-4H3/b10-7-. The van der Waals surface area contributed by atoms with Gasteiger partial charge in [0, 0.05) is 6.42 Å². The first kappa shape index (κ1) is 13.9. The van der Waals surface area contributed by atoms with Gasteiger partial charge in [0.25, 0.3) is 0 Å². The lowest BCUT2D eigenvalue weighted by atomic mass is 9.97. The number of ether oxygens (including phenoxy) is 1. The largest absolute Gasteiger partial charge is 0.461 e. The number of hydrogen-bond donors (Lipinski definition) is 0. The van der Waals surface area contributed by atoms with Gasteiger partial charge in [-0.25, -0.2) is 0 Å². The summed E-state index contributed by atoms with van der Waals surface area (Å²) in [7, 11) is 0. The molecule has 0 saturated heterocycles. The number of hydrogen-bond acceptors (Lipinski definition) is 3. The van der Waals surface area contributed by atoms with Crippen molar-refractivity contribution in [1.82, 2.24) is 0 Å². The molecule has 0 fully saturated rings. The summed E-state index contributed by atoms with van der Waals surface area (Å²) < 4.78 is 5.05. The second kappa shape index (κ2) is 6.38. The third-order valence-electron chi connectivity index (χ3n) is 1.92. The van der Waals surface area contributed by atoms with Crippen LogP contribution in [0.4, 0.5) is 0 Å². The molecule has 0 amide bonds. The van der Waals surface area contributed by atoms with Crippen LogP contribution in [0.5, 0.6) is 0 Å². The Balaban J connectivity index is 3.87. The Morgan fingerprint density at radius 3 is 2.40 bits per heavy atom. The van der Waals surface area contributed by atoms with E-state index in [1.807, 2.05) is 33.8 Å². The van der Waals surface area contributed by atoms with Gasteiger partial charge in [-0.15, -0.1) is 0 Å². The Kier molecular flexibility index (Phi) is 5.90. The molecule has 0 atom stereocenters. The van der Waals surface area contributed by atoms with Crippen molar-refractivity contribution in [3.63, 3.8) is 0 Å². The predicted molar refractivity (Wildman–Crippen MR) is 59.5 cm³/mol. The highest BCUT2D eigenvalue weighted by atomic mass is 16.5. The lowest BCUT2D eigenvalue weighted by molar-refractivity contribution is -0.151. The zero-order valence-corrected chi connectivity index (χ0v) is 10.0. The van der Waals surface area contributed by atoms with Crippen molar-refractivity contribution in [2.45, 2.75) is 40.5 Å². The van der Waals surface area contributed by atoms with E-state index in [9.17, 15) is 9.59 Å². The molecular weight excluding hydrogens is 192 g/mol. The van der Waals surface area contributed by atoms with Gasteiger partial charge in [0.15, 0.2) is 0 Å². The van der Waals surface area contributed by atoms with Crippen LogP contribution in [0.1, 0.15) is 40.5 Å². The summed E-state index contributed by atoms with van der Waals surface area (Å²) >= 11 is 0. The maximum Gasteiger partial charge on any atom is 0.311 e. The molecule has 3 heteroatoms. The van der Waals surface area contributed by atoms with E-state index in [0.717, 1.165) is 18.3 Å². The number of carbonyl (C=O) groups excluding carboxylic acids is 2. The van der Waals surface area contributed by atoms with E-state index in [1.165, 1.54) is 0 Å². The van der Waals surface area contributed by atoms with Crippen LogP contribution in [0.25, 0.3) is 0 Å². The van der Waals surface area contributed by atoms with Crippen molar-refractivity contribution in [1.29, 1.82) is 0 Å². The molecule has 0 aliphatic carbocycles.